The molecule has 2 N–H and O–H groups in total. The summed E-state index contributed by atoms with van der Waals surface area (Å²) in [6.07, 6.45) is 0.842. The van der Waals surface area contributed by atoms with Crippen LogP contribution in [0.4, 0.5) is 20.4 Å². The lowest BCUT2D eigenvalue weighted by Gasteiger charge is -2.14. The zero-order valence-corrected chi connectivity index (χ0v) is 9.64. The fourth-order valence-corrected chi connectivity index (χ4v) is 1.12. The Hall–Kier alpha value is -1.43. The second kappa shape index (κ2) is 5.60. The summed E-state index contributed by atoms with van der Waals surface area (Å²) >= 11 is 0. The zero-order valence-electron chi connectivity index (χ0n) is 9.64. The third-order valence-electron chi connectivity index (χ3n) is 1.80. The van der Waals surface area contributed by atoms with Crippen LogP contribution in [0.1, 0.15) is 13.3 Å². The van der Waals surface area contributed by atoms with Crippen molar-refractivity contribution in [1.29, 1.82) is 0 Å². The van der Waals surface area contributed by atoms with Crippen LogP contribution in [0, 0.1) is 11.6 Å². The number of rotatable bonds is 5. The van der Waals surface area contributed by atoms with Crippen molar-refractivity contribution in [1.82, 2.24) is 9.99 Å². The second-order valence-electron chi connectivity index (χ2n) is 3.58. The molecule has 1 aromatic rings. The third kappa shape index (κ3) is 3.30. The Balaban J connectivity index is 2.92. The molecule has 0 aromatic carbocycles. The first-order valence-corrected chi connectivity index (χ1v) is 5.08. The molecule has 4 nitrogen and oxygen atoms in total. The van der Waals surface area contributed by atoms with Crippen molar-refractivity contribution < 1.29 is 8.78 Å². The van der Waals surface area contributed by atoms with Gasteiger partial charge in [0.1, 0.15) is 0 Å². The van der Waals surface area contributed by atoms with Gasteiger partial charge in [-0.1, -0.05) is 6.92 Å². The van der Waals surface area contributed by atoms with Gasteiger partial charge in [0.15, 0.2) is 23.3 Å². The van der Waals surface area contributed by atoms with E-state index in [0.29, 0.717) is 6.54 Å². The van der Waals surface area contributed by atoms with Gasteiger partial charge in [0.05, 0.1) is 0 Å². The highest BCUT2D eigenvalue weighted by molar-refractivity contribution is 5.46. The summed E-state index contributed by atoms with van der Waals surface area (Å²) in [4.78, 5) is 3.84. The molecule has 16 heavy (non-hydrogen) atoms. The smallest absolute Gasteiger partial charge is 0.179 e. The van der Waals surface area contributed by atoms with Gasteiger partial charge in [-0.15, -0.1) is 0 Å². The maximum Gasteiger partial charge on any atom is 0.179 e. The minimum Gasteiger partial charge on any atom is -0.368 e. The van der Waals surface area contributed by atoms with Gasteiger partial charge in [0, 0.05) is 26.7 Å². The van der Waals surface area contributed by atoms with Crippen molar-refractivity contribution in [3.8, 4) is 0 Å². The lowest BCUT2D eigenvalue weighted by atomic mass is 10.4. The normalized spacial score (nSPS) is 10.6. The molecule has 0 aliphatic heterocycles. The maximum atomic E-state index is 13.3. The number of hydrogen-bond acceptors (Lipinski definition) is 4. The Labute approximate surface area is 93.6 Å². The summed E-state index contributed by atoms with van der Waals surface area (Å²) in [5.74, 6) is -1.33. The first kappa shape index (κ1) is 12.6. The molecule has 0 aliphatic carbocycles. The van der Waals surface area contributed by atoms with Gasteiger partial charge in [-0.2, -0.15) is 0 Å². The van der Waals surface area contributed by atoms with E-state index < -0.39 is 11.6 Å². The number of pyridine rings is 1. The Morgan fingerprint density at radius 2 is 1.88 bits per heavy atom. The SMILES string of the molecule is CCCNc1nc(NN(C)C)c(F)cc1F. The highest BCUT2D eigenvalue weighted by Gasteiger charge is 2.11. The average molecular weight is 230 g/mol. The summed E-state index contributed by atoms with van der Waals surface area (Å²) < 4.78 is 26.6. The van der Waals surface area contributed by atoms with Crippen molar-refractivity contribution in [3.05, 3.63) is 17.7 Å². The standard InChI is InChI=1S/C10H16F2N4/c1-4-5-13-9-7(11)6-8(12)10(14-9)15-16(2)3/h6H,4-5H2,1-3H3,(H2,13,14,15). The molecule has 90 valence electrons. The second-order valence-corrected chi connectivity index (χ2v) is 3.58. The highest BCUT2D eigenvalue weighted by atomic mass is 19.1. The van der Waals surface area contributed by atoms with Crippen molar-refractivity contribution in [3.63, 3.8) is 0 Å². The molecule has 1 rings (SSSR count). The molecular weight excluding hydrogens is 214 g/mol. The predicted octanol–water partition coefficient (Wildman–Crippen LogP) is 2.07. The lowest BCUT2D eigenvalue weighted by Crippen LogP contribution is -2.22. The van der Waals surface area contributed by atoms with Gasteiger partial charge in [-0.25, -0.2) is 18.8 Å². The van der Waals surface area contributed by atoms with E-state index in [0.717, 1.165) is 12.5 Å². The van der Waals surface area contributed by atoms with Crippen molar-refractivity contribution >= 4 is 11.6 Å². The van der Waals surface area contributed by atoms with Gasteiger partial charge < -0.3 is 10.7 Å². The van der Waals surface area contributed by atoms with Crippen molar-refractivity contribution in [2.75, 3.05) is 31.4 Å². The van der Waals surface area contributed by atoms with Crippen LogP contribution in [0.3, 0.4) is 0 Å². The van der Waals surface area contributed by atoms with Crippen LogP contribution >= 0.6 is 0 Å². The first-order valence-electron chi connectivity index (χ1n) is 5.08. The Morgan fingerprint density at radius 3 is 2.44 bits per heavy atom. The van der Waals surface area contributed by atoms with E-state index in [9.17, 15) is 8.78 Å². The number of nitrogens with zero attached hydrogens (tertiary/aromatic N) is 2. The quantitative estimate of drug-likeness (QED) is 0.760. The molecule has 1 aromatic heterocycles. The van der Waals surface area contributed by atoms with E-state index in [1.165, 1.54) is 5.01 Å². The van der Waals surface area contributed by atoms with Crippen molar-refractivity contribution in [2.45, 2.75) is 13.3 Å². The topological polar surface area (TPSA) is 40.2 Å². The predicted molar refractivity (Wildman–Crippen MR) is 60.2 cm³/mol. The van der Waals surface area contributed by atoms with Crippen LogP contribution in [0.15, 0.2) is 6.07 Å². The summed E-state index contributed by atoms with van der Waals surface area (Å²) in [5, 5.41) is 4.33. The molecular formula is C10H16F2N4. The average Bonchev–Trinajstić information content (AvgIpc) is 2.20. The summed E-state index contributed by atoms with van der Waals surface area (Å²) in [6.45, 7) is 2.55. The lowest BCUT2D eigenvalue weighted by molar-refractivity contribution is 0.480. The van der Waals surface area contributed by atoms with Crippen LogP contribution < -0.4 is 10.7 Å². The zero-order chi connectivity index (χ0) is 12.1. The fourth-order valence-electron chi connectivity index (χ4n) is 1.12. The molecule has 1 heterocycles. The molecule has 0 fully saturated rings. The largest absolute Gasteiger partial charge is 0.368 e. The number of hydrogen-bond donors (Lipinski definition) is 2. The Morgan fingerprint density at radius 1 is 1.25 bits per heavy atom. The molecule has 0 saturated heterocycles. The molecule has 0 unspecified atom stereocenters. The number of aromatic nitrogens is 1. The fraction of sp³-hybridized carbons (Fsp3) is 0.500. The number of halogens is 2. The monoisotopic (exact) mass is 230 g/mol. The number of hydrazine groups is 1. The van der Waals surface area contributed by atoms with E-state index in [2.05, 4.69) is 15.7 Å². The van der Waals surface area contributed by atoms with E-state index in [1.807, 2.05) is 6.92 Å². The third-order valence-corrected chi connectivity index (χ3v) is 1.80. The maximum absolute atomic E-state index is 13.3. The van der Waals surface area contributed by atoms with E-state index in [1.54, 1.807) is 14.1 Å². The highest BCUT2D eigenvalue weighted by Crippen LogP contribution is 2.18. The van der Waals surface area contributed by atoms with Gasteiger partial charge in [-0.05, 0) is 6.42 Å². The van der Waals surface area contributed by atoms with Gasteiger partial charge >= 0.3 is 0 Å². The Kier molecular flexibility index (Phi) is 4.42. The molecule has 0 radical (unpaired) electrons. The van der Waals surface area contributed by atoms with E-state index in [4.69, 9.17) is 0 Å². The molecule has 0 bridgehead atoms. The van der Waals surface area contributed by atoms with Gasteiger partial charge in [0.25, 0.3) is 0 Å². The Bertz CT molecular complexity index is 355. The molecule has 0 atom stereocenters. The molecule has 6 heteroatoms. The molecule has 0 spiro atoms. The van der Waals surface area contributed by atoms with Crippen LogP contribution in [0.5, 0.6) is 0 Å². The minimum absolute atomic E-state index is 0.00463. The molecule has 0 aliphatic rings. The molecule has 0 saturated carbocycles. The number of nitrogens with one attached hydrogen (secondary N) is 2. The summed E-state index contributed by atoms with van der Waals surface area (Å²) in [7, 11) is 3.40. The summed E-state index contributed by atoms with van der Waals surface area (Å²) in [5.41, 5.74) is 2.66. The van der Waals surface area contributed by atoms with Crippen LogP contribution in [0.25, 0.3) is 0 Å². The van der Waals surface area contributed by atoms with E-state index in [-0.39, 0.29) is 11.6 Å². The van der Waals surface area contributed by atoms with E-state index >= 15 is 0 Å². The first-order chi connectivity index (χ1) is 7.54. The van der Waals surface area contributed by atoms with Gasteiger partial charge in [0.2, 0.25) is 0 Å². The summed E-state index contributed by atoms with van der Waals surface area (Å²) in [6, 6.07) is 0.816. The minimum atomic E-state index is -0.715. The van der Waals surface area contributed by atoms with Crippen LogP contribution in [0.2, 0.25) is 0 Å². The van der Waals surface area contributed by atoms with Crippen LogP contribution in [-0.2, 0) is 0 Å². The van der Waals surface area contributed by atoms with Crippen molar-refractivity contribution in [2.24, 2.45) is 0 Å². The number of anilines is 2. The molecule has 0 amide bonds. The van der Waals surface area contributed by atoms with Crippen LogP contribution in [-0.4, -0.2) is 30.6 Å². The van der Waals surface area contributed by atoms with Gasteiger partial charge in [-0.3, -0.25) is 0 Å².